The molecule has 0 saturated carbocycles. The lowest BCUT2D eigenvalue weighted by atomic mass is 10.1. The van der Waals surface area contributed by atoms with Crippen LogP contribution in [0.15, 0.2) is 54.6 Å². The number of hydrogen-bond acceptors (Lipinski definition) is 4. The maximum atomic E-state index is 12.9. The van der Waals surface area contributed by atoms with Crippen LogP contribution >= 0.6 is 0 Å². The molecule has 0 atom stereocenters. The predicted octanol–water partition coefficient (Wildman–Crippen LogP) is 6.09. The van der Waals surface area contributed by atoms with Crippen molar-refractivity contribution in [3.63, 3.8) is 0 Å². The zero-order valence-corrected chi connectivity index (χ0v) is 17.8. The molecule has 0 saturated heterocycles. The van der Waals surface area contributed by atoms with E-state index < -0.39 is 18.7 Å². The third-order valence-corrected chi connectivity index (χ3v) is 4.60. The molecule has 0 aliphatic rings. The van der Waals surface area contributed by atoms with E-state index in [4.69, 9.17) is 9.84 Å². The molecular formula is C24H25F5O4. The summed E-state index contributed by atoms with van der Waals surface area (Å²) in [7, 11) is 0. The second-order valence-electron chi connectivity index (χ2n) is 7.27. The van der Waals surface area contributed by atoms with Crippen molar-refractivity contribution in [1.82, 2.24) is 0 Å². The molecule has 0 heterocycles. The monoisotopic (exact) mass is 472 g/mol. The van der Waals surface area contributed by atoms with Gasteiger partial charge in [0.25, 0.3) is 0 Å². The molecule has 0 radical (unpaired) electrons. The van der Waals surface area contributed by atoms with E-state index in [1.807, 2.05) is 0 Å². The predicted molar refractivity (Wildman–Crippen MR) is 114 cm³/mol. The van der Waals surface area contributed by atoms with E-state index >= 15 is 0 Å². The molecule has 9 heteroatoms. The number of aliphatic hydroxyl groups is 1. The van der Waals surface area contributed by atoms with Gasteiger partial charge in [0, 0.05) is 12.2 Å². The van der Waals surface area contributed by atoms with Crippen molar-refractivity contribution < 1.29 is 41.3 Å². The number of alkyl halides is 5. The third kappa shape index (κ3) is 8.84. The van der Waals surface area contributed by atoms with E-state index in [1.165, 1.54) is 36.4 Å². The molecule has 0 spiro atoms. The van der Waals surface area contributed by atoms with Gasteiger partial charge in [-0.15, -0.1) is 0 Å². The molecule has 0 unspecified atom stereocenters. The molecule has 0 aliphatic carbocycles. The summed E-state index contributed by atoms with van der Waals surface area (Å²) >= 11 is 0. The molecule has 2 aromatic carbocycles. The first-order valence-corrected chi connectivity index (χ1v) is 10.4. The molecule has 0 aliphatic heterocycles. The van der Waals surface area contributed by atoms with Crippen LogP contribution in [0.4, 0.5) is 22.0 Å². The minimum absolute atomic E-state index is 0.147. The van der Waals surface area contributed by atoms with E-state index in [-0.39, 0.29) is 18.1 Å². The number of hydrogen-bond donors (Lipinski definition) is 1. The maximum absolute atomic E-state index is 12.9. The van der Waals surface area contributed by atoms with Gasteiger partial charge < -0.3 is 14.6 Å². The van der Waals surface area contributed by atoms with Gasteiger partial charge in [0.1, 0.15) is 11.5 Å². The number of benzene rings is 2. The second-order valence-corrected chi connectivity index (χ2v) is 7.27. The number of halogens is 5. The summed E-state index contributed by atoms with van der Waals surface area (Å²) in [5.41, 5.74) is 0.982. The van der Waals surface area contributed by atoms with Crippen molar-refractivity contribution in [2.75, 3.05) is 19.8 Å². The smallest absolute Gasteiger partial charge is 0.456 e. The minimum atomic E-state index is -5.68. The number of rotatable bonds is 13. The van der Waals surface area contributed by atoms with Gasteiger partial charge in [-0.05, 0) is 67.3 Å². The average Bonchev–Trinajstić information content (AvgIpc) is 2.79. The number of aliphatic hydroxyl groups excluding tert-OH is 1. The van der Waals surface area contributed by atoms with E-state index in [9.17, 15) is 26.7 Å². The first-order chi connectivity index (χ1) is 15.6. The Labute approximate surface area is 188 Å². The van der Waals surface area contributed by atoms with Crippen LogP contribution in [0.2, 0.25) is 0 Å². The molecule has 0 bridgehead atoms. The van der Waals surface area contributed by atoms with Crippen LogP contribution in [0.3, 0.4) is 0 Å². The second kappa shape index (κ2) is 12.3. The van der Waals surface area contributed by atoms with Crippen LogP contribution in [-0.2, 0) is 0 Å². The first kappa shape index (κ1) is 26.3. The van der Waals surface area contributed by atoms with Gasteiger partial charge in [-0.1, -0.05) is 24.6 Å². The maximum Gasteiger partial charge on any atom is 0.456 e. The van der Waals surface area contributed by atoms with Crippen molar-refractivity contribution in [3.8, 4) is 11.5 Å². The van der Waals surface area contributed by atoms with Crippen LogP contribution in [0.1, 0.15) is 41.6 Å². The number of ketones is 1. The molecule has 0 amide bonds. The Morgan fingerprint density at radius 3 is 2.00 bits per heavy atom. The summed E-state index contributed by atoms with van der Waals surface area (Å²) in [6.07, 6.45) is 0.707. The van der Waals surface area contributed by atoms with E-state index in [0.717, 1.165) is 25.7 Å². The zero-order valence-electron chi connectivity index (χ0n) is 17.8. The largest absolute Gasteiger partial charge is 0.494 e. The van der Waals surface area contributed by atoms with Gasteiger partial charge in [-0.2, -0.15) is 22.0 Å². The lowest BCUT2D eigenvalue weighted by molar-refractivity contribution is -0.290. The van der Waals surface area contributed by atoms with Crippen LogP contribution in [0, 0.1) is 0 Å². The Balaban J connectivity index is 1.82. The SMILES string of the molecule is O=C(C=Cc1ccc(OCC(F)(F)C(F)(F)F)cc1)c1ccc(OCCCCCCO)cc1. The Morgan fingerprint density at radius 2 is 1.39 bits per heavy atom. The van der Waals surface area contributed by atoms with Crippen molar-refractivity contribution in [2.24, 2.45) is 0 Å². The number of allylic oxidation sites excluding steroid dienone is 1. The molecule has 1 N–H and O–H groups in total. The van der Waals surface area contributed by atoms with Crippen LogP contribution in [0.25, 0.3) is 6.08 Å². The standard InChI is InChI=1S/C24H25F5O4/c25-23(26,24(27,28)29)17-33-21-10-5-18(6-11-21)7-14-22(31)19-8-12-20(13-9-19)32-16-4-2-1-3-15-30/h5-14,30H,1-4,15-17H2. The normalized spacial score (nSPS) is 12.2. The highest BCUT2D eigenvalue weighted by Crippen LogP contribution is 2.35. The summed E-state index contributed by atoms with van der Waals surface area (Å²) < 4.78 is 72.4. The highest BCUT2D eigenvalue weighted by Gasteiger charge is 2.58. The zero-order chi connectivity index (χ0) is 24.3. The Morgan fingerprint density at radius 1 is 0.818 bits per heavy atom. The van der Waals surface area contributed by atoms with Gasteiger partial charge in [-0.25, -0.2) is 0 Å². The third-order valence-electron chi connectivity index (χ3n) is 4.60. The highest BCUT2D eigenvalue weighted by molar-refractivity contribution is 6.06. The molecule has 33 heavy (non-hydrogen) atoms. The van der Waals surface area contributed by atoms with E-state index in [0.29, 0.717) is 23.5 Å². The number of carbonyl (C=O) groups is 1. The fourth-order valence-electron chi connectivity index (χ4n) is 2.67. The van der Waals surface area contributed by atoms with E-state index in [2.05, 4.69) is 4.74 Å². The molecule has 0 fully saturated rings. The van der Waals surface area contributed by atoms with Gasteiger partial charge in [0.05, 0.1) is 6.61 Å². The summed E-state index contributed by atoms with van der Waals surface area (Å²) in [5, 5.41) is 8.73. The molecule has 180 valence electrons. The Kier molecular flexibility index (Phi) is 9.84. The number of carbonyl (C=O) groups excluding carboxylic acids is 1. The minimum Gasteiger partial charge on any atom is -0.494 e. The summed E-state index contributed by atoms with van der Waals surface area (Å²) in [5.74, 6) is -4.72. The lowest BCUT2D eigenvalue weighted by Gasteiger charge is -2.19. The van der Waals surface area contributed by atoms with Gasteiger partial charge in [-0.3, -0.25) is 4.79 Å². The average molecular weight is 472 g/mol. The molecule has 2 aromatic rings. The fourth-order valence-corrected chi connectivity index (χ4v) is 2.67. The summed E-state index contributed by atoms with van der Waals surface area (Å²) in [4.78, 5) is 12.3. The molecule has 2 rings (SSSR count). The van der Waals surface area contributed by atoms with Crippen molar-refractivity contribution in [1.29, 1.82) is 0 Å². The van der Waals surface area contributed by atoms with Gasteiger partial charge >= 0.3 is 12.1 Å². The Hall–Kier alpha value is -2.94. The molecule has 0 aromatic heterocycles. The van der Waals surface area contributed by atoms with Gasteiger partial charge in [0.15, 0.2) is 12.4 Å². The van der Waals surface area contributed by atoms with Crippen molar-refractivity contribution in [3.05, 3.63) is 65.7 Å². The molecule has 4 nitrogen and oxygen atoms in total. The van der Waals surface area contributed by atoms with Gasteiger partial charge in [0.2, 0.25) is 0 Å². The van der Waals surface area contributed by atoms with Crippen molar-refractivity contribution in [2.45, 2.75) is 37.8 Å². The highest BCUT2D eigenvalue weighted by atomic mass is 19.4. The van der Waals surface area contributed by atoms with Crippen molar-refractivity contribution >= 4 is 11.9 Å². The first-order valence-electron chi connectivity index (χ1n) is 10.4. The Bertz CT molecular complexity index is 891. The molecular weight excluding hydrogens is 447 g/mol. The van der Waals surface area contributed by atoms with Crippen LogP contribution < -0.4 is 9.47 Å². The summed E-state index contributed by atoms with van der Waals surface area (Å²) in [6, 6.07) is 12.0. The summed E-state index contributed by atoms with van der Waals surface area (Å²) in [6.45, 7) is -1.07. The van der Waals surface area contributed by atoms with E-state index in [1.54, 1.807) is 24.3 Å². The lowest BCUT2D eigenvalue weighted by Crippen LogP contribution is -2.41. The number of unbranched alkanes of at least 4 members (excludes halogenated alkanes) is 3. The van der Waals surface area contributed by atoms with Crippen LogP contribution in [-0.4, -0.2) is 42.8 Å². The quantitative estimate of drug-likeness (QED) is 0.166. The number of ether oxygens (including phenoxy) is 2. The topological polar surface area (TPSA) is 55.8 Å². The van der Waals surface area contributed by atoms with Crippen LogP contribution in [0.5, 0.6) is 11.5 Å². The fraction of sp³-hybridized carbons (Fsp3) is 0.375.